The lowest BCUT2D eigenvalue weighted by molar-refractivity contribution is 0.0695. The van der Waals surface area contributed by atoms with Gasteiger partial charge in [-0.05, 0) is 18.2 Å². The van der Waals surface area contributed by atoms with E-state index in [1.807, 2.05) is 30.3 Å². The summed E-state index contributed by atoms with van der Waals surface area (Å²) in [5.74, 6) is -1.25. The SMILES string of the molecule is O=C(O)c1cn(-c2ccccc2)c2sc(Cl)cc2c1=O. The van der Waals surface area contributed by atoms with Gasteiger partial charge >= 0.3 is 5.97 Å². The summed E-state index contributed by atoms with van der Waals surface area (Å²) >= 11 is 7.21. The van der Waals surface area contributed by atoms with Crippen molar-refractivity contribution in [1.29, 1.82) is 0 Å². The second kappa shape index (κ2) is 4.77. The highest BCUT2D eigenvalue weighted by Gasteiger charge is 2.17. The summed E-state index contributed by atoms with van der Waals surface area (Å²) in [5.41, 5.74) is -0.00262. The van der Waals surface area contributed by atoms with Crippen molar-refractivity contribution in [3.63, 3.8) is 0 Å². The van der Waals surface area contributed by atoms with Crippen molar-refractivity contribution in [3.8, 4) is 5.69 Å². The molecule has 0 radical (unpaired) electrons. The summed E-state index contributed by atoms with van der Waals surface area (Å²) < 4.78 is 2.13. The lowest BCUT2D eigenvalue weighted by Crippen LogP contribution is -2.17. The molecule has 0 saturated heterocycles. The van der Waals surface area contributed by atoms with Gasteiger partial charge < -0.3 is 9.67 Å². The molecule has 1 aromatic carbocycles. The summed E-state index contributed by atoms with van der Waals surface area (Å²) in [6.45, 7) is 0. The Morgan fingerprint density at radius 3 is 2.60 bits per heavy atom. The predicted molar refractivity (Wildman–Crippen MR) is 79.4 cm³/mol. The van der Waals surface area contributed by atoms with Gasteiger partial charge in [-0.1, -0.05) is 29.8 Å². The number of carbonyl (C=O) groups is 1. The number of halogens is 1. The van der Waals surface area contributed by atoms with Crippen LogP contribution < -0.4 is 5.43 Å². The molecule has 2 heterocycles. The summed E-state index contributed by atoms with van der Waals surface area (Å²) in [7, 11) is 0. The quantitative estimate of drug-likeness (QED) is 0.789. The minimum atomic E-state index is -1.25. The fourth-order valence-corrected chi connectivity index (χ4v) is 3.23. The van der Waals surface area contributed by atoms with Crippen molar-refractivity contribution >= 4 is 39.1 Å². The van der Waals surface area contributed by atoms with Gasteiger partial charge in [0.2, 0.25) is 5.43 Å². The van der Waals surface area contributed by atoms with Crippen LogP contribution in [0.2, 0.25) is 4.34 Å². The molecule has 4 nitrogen and oxygen atoms in total. The number of pyridine rings is 1. The number of carboxylic acids is 1. The van der Waals surface area contributed by atoms with E-state index in [-0.39, 0.29) is 5.56 Å². The van der Waals surface area contributed by atoms with Gasteiger partial charge in [0, 0.05) is 11.9 Å². The molecule has 2 aromatic heterocycles. The normalized spacial score (nSPS) is 10.8. The Morgan fingerprint density at radius 2 is 1.95 bits per heavy atom. The van der Waals surface area contributed by atoms with Crippen molar-refractivity contribution in [1.82, 2.24) is 4.57 Å². The van der Waals surface area contributed by atoms with Crippen LogP contribution in [-0.4, -0.2) is 15.6 Å². The third kappa shape index (κ3) is 2.01. The summed E-state index contributed by atoms with van der Waals surface area (Å²) in [5, 5.41) is 9.48. The molecule has 20 heavy (non-hydrogen) atoms. The molecule has 0 spiro atoms. The minimum Gasteiger partial charge on any atom is -0.477 e. The molecule has 0 saturated carbocycles. The Hall–Kier alpha value is -2.11. The van der Waals surface area contributed by atoms with E-state index in [1.54, 1.807) is 4.57 Å². The number of hydrogen-bond acceptors (Lipinski definition) is 3. The number of benzene rings is 1. The number of nitrogens with zero attached hydrogens (tertiary/aromatic N) is 1. The molecule has 0 atom stereocenters. The van der Waals surface area contributed by atoms with Crippen LogP contribution in [0.15, 0.2) is 47.4 Å². The Morgan fingerprint density at radius 1 is 1.25 bits per heavy atom. The van der Waals surface area contributed by atoms with E-state index >= 15 is 0 Å². The molecule has 0 aliphatic heterocycles. The molecular formula is C14H8ClNO3S. The molecular weight excluding hydrogens is 298 g/mol. The summed E-state index contributed by atoms with van der Waals surface area (Å²) in [6.07, 6.45) is 1.34. The Kier molecular flexibility index (Phi) is 3.08. The predicted octanol–water partition coefficient (Wildman–Crippen LogP) is 3.40. The van der Waals surface area contributed by atoms with Crippen LogP contribution in [0.3, 0.4) is 0 Å². The third-order valence-corrected chi connectivity index (χ3v) is 4.18. The van der Waals surface area contributed by atoms with Gasteiger partial charge in [0.25, 0.3) is 0 Å². The van der Waals surface area contributed by atoms with Crippen molar-refractivity contribution in [3.05, 3.63) is 62.7 Å². The van der Waals surface area contributed by atoms with E-state index in [4.69, 9.17) is 16.7 Å². The number of rotatable bonds is 2. The van der Waals surface area contributed by atoms with Crippen LogP contribution in [0.25, 0.3) is 15.9 Å². The van der Waals surface area contributed by atoms with E-state index < -0.39 is 11.4 Å². The average Bonchev–Trinajstić information content (AvgIpc) is 2.82. The smallest absolute Gasteiger partial charge is 0.341 e. The maximum absolute atomic E-state index is 12.1. The van der Waals surface area contributed by atoms with Crippen LogP contribution in [0, 0.1) is 0 Å². The minimum absolute atomic E-state index is 0.268. The highest BCUT2D eigenvalue weighted by molar-refractivity contribution is 7.22. The maximum Gasteiger partial charge on any atom is 0.341 e. The highest BCUT2D eigenvalue weighted by Crippen LogP contribution is 2.29. The summed E-state index contributed by atoms with van der Waals surface area (Å²) in [4.78, 5) is 24.0. The van der Waals surface area contributed by atoms with Crippen LogP contribution >= 0.6 is 22.9 Å². The zero-order valence-electron chi connectivity index (χ0n) is 10.0. The number of carboxylic acid groups (broad SMARTS) is 1. The number of thiophene rings is 1. The van der Waals surface area contributed by atoms with Crippen molar-refractivity contribution in [2.24, 2.45) is 0 Å². The van der Waals surface area contributed by atoms with E-state index in [2.05, 4.69) is 0 Å². The monoisotopic (exact) mass is 305 g/mol. The van der Waals surface area contributed by atoms with Crippen molar-refractivity contribution in [2.75, 3.05) is 0 Å². The molecule has 100 valence electrons. The first-order valence-corrected chi connectivity index (χ1v) is 6.91. The molecule has 6 heteroatoms. The van der Waals surface area contributed by atoms with Crippen molar-refractivity contribution in [2.45, 2.75) is 0 Å². The first kappa shape index (κ1) is 12.9. The summed E-state index contributed by atoms with van der Waals surface area (Å²) in [6, 6.07) is 10.7. The Bertz CT molecular complexity index is 867. The fraction of sp³-hybridized carbons (Fsp3) is 0. The van der Waals surface area contributed by atoms with Gasteiger partial charge in [-0.25, -0.2) is 4.79 Å². The molecule has 0 fully saturated rings. The zero-order chi connectivity index (χ0) is 14.3. The second-order valence-electron chi connectivity index (χ2n) is 4.15. The number of aromatic nitrogens is 1. The van der Waals surface area contributed by atoms with E-state index in [9.17, 15) is 9.59 Å². The van der Waals surface area contributed by atoms with Crippen LogP contribution in [0.4, 0.5) is 0 Å². The van der Waals surface area contributed by atoms with Gasteiger partial charge in [0.15, 0.2) is 0 Å². The average molecular weight is 306 g/mol. The van der Waals surface area contributed by atoms with E-state index in [1.165, 1.54) is 23.6 Å². The molecule has 3 rings (SSSR count). The second-order valence-corrected chi connectivity index (χ2v) is 5.81. The third-order valence-electron chi connectivity index (χ3n) is 2.91. The number of fused-ring (bicyclic) bond motifs is 1. The van der Waals surface area contributed by atoms with Crippen molar-refractivity contribution < 1.29 is 9.90 Å². The number of para-hydroxylation sites is 1. The highest BCUT2D eigenvalue weighted by atomic mass is 35.5. The zero-order valence-corrected chi connectivity index (χ0v) is 11.6. The topological polar surface area (TPSA) is 59.3 Å². The van der Waals surface area contributed by atoms with E-state index in [0.717, 1.165) is 5.69 Å². The van der Waals surface area contributed by atoms with Crippen LogP contribution in [0.1, 0.15) is 10.4 Å². The first-order valence-electron chi connectivity index (χ1n) is 5.71. The van der Waals surface area contributed by atoms with Crippen LogP contribution in [0.5, 0.6) is 0 Å². The van der Waals surface area contributed by atoms with Gasteiger partial charge in [-0.15, -0.1) is 11.3 Å². The lowest BCUT2D eigenvalue weighted by atomic mass is 10.2. The van der Waals surface area contributed by atoms with Gasteiger partial charge in [0.05, 0.1) is 9.72 Å². The molecule has 0 bridgehead atoms. The molecule has 0 amide bonds. The van der Waals surface area contributed by atoms with E-state index in [0.29, 0.717) is 14.6 Å². The van der Waals surface area contributed by atoms with Gasteiger partial charge in [0.1, 0.15) is 10.4 Å². The Balaban J connectivity index is 2.45. The molecule has 0 aliphatic carbocycles. The largest absolute Gasteiger partial charge is 0.477 e. The molecule has 1 N–H and O–H groups in total. The number of aromatic carboxylic acids is 1. The molecule has 0 aliphatic rings. The van der Waals surface area contributed by atoms with Gasteiger partial charge in [-0.2, -0.15) is 0 Å². The standard InChI is InChI=1S/C14H8ClNO3S/c15-11-6-9-12(17)10(14(18)19)7-16(13(9)20-11)8-4-2-1-3-5-8/h1-7H,(H,18,19). The lowest BCUT2D eigenvalue weighted by Gasteiger charge is -2.09. The number of hydrogen-bond donors (Lipinski definition) is 1. The van der Waals surface area contributed by atoms with Gasteiger partial charge in [-0.3, -0.25) is 4.79 Å². The maximum atomic E-state index is 12.1. The first-order chi connectivity index (χ1) is 9.58. The molecule has 0 unspecified atom stereocenters. The van der Waals surface area contributed by atoms with Crippen LogP contribution in [-0.2, 0) is 0 Å². The molecule has 3 aromatic rings. The fourth-order valence-electron chi connectivity index (χ4n) is 2.02. The Labute approximate surface area is 122 Å².